The molecule has 3 aromatic carbocycles. The number of ether oxygens (including phenoxy) is 2. The molecule has 0 atom stereocenters. The molecule has 1 aliphatic rings. The van der Waals surface area contributed by atoms with Gasteiger partial charge in [0.1, 0.15) is 0 Å². The number of hydrogen-bond donors (Lipinski definition) is 0. The first-order chi connectivity index (χ1) is 16.1. The maximum atomic E-state index is 13.6. The van der Waals surface area contributed by atoms with Crippen LogP contribution < -0.4 is 14.4 Å². The van der Waals surface area contributed by atoms with Crippen LogP contribution >= 0.6 is 0 Å². The molecule has 0 saturated carbocycles. The first kappa shape index (κ1) is 22.9. The van der Waals surface area contributed by atoms with E-state index >= 15 is 0 Å². The lowest BCUT2D eigenvalue weighted by Gasteiger charge is -2.39. The normalized spacial score (nSPS) is 14.6. The molecule has 33 heavy (non-hydrogen) atoms. The van der Waals surface area contributed by atoms with Crippen molar-refractivity contribution in [2.75, 3.05) is 32.2 Å². The Morgan fingerprint density at radius 3 is 2.30 bits per heavy atom. The molecule has 1 aliphatic heterocycles. The Bertz CT molecular complexity index is 1080. The molecule has 5 nitrogen and oxygen atoms in total. The van der Waals surface area contributed by atoms with Crippen molar-refractivity contribution >= 4 is 11.6 Å². The smallest absolute Gasteiger partial charge is 0.258 e. The number of carbonyl (C=O) groups is 1. The van der Waals surface area contributed by atoms with Crippen LogP contribution in [-0.4, -0.2) is 44.2 Å². The fourth-order valence-electron chi connectivity index (χ4n) is 4.59. The Hall–Kier alpha value is -3.31. The van der Waals surface area contributed by atoms with Gasteiger partial charge in [-0.3, -0.25) is 9.69 Å². The van der Waals surface area contributed by atoms with Crippen molar-refractivity contribution in [3.05, 3.63) is 89.5 Å². The van der Waals surface area contributed by atoms with E-state index in [0.29, 0.717) is 17.1 Å². The second kappa shape index (κ2) is 10.5. The molecule has 4 rings (SSSR count). The monoisotopic (exact) mass is 444 g/mol. The van der Waals surface area contributed by atoms with Crippen molar-refractivity contribution < 1.29 is 14.3 Å². The number of anilines is 1. The third-order valence-corrected chi connectivity index (χ3v) is 6.30. The number of methoxy groups -OCH3 is 2. The van der Waals surface area contributed by atoms with E-state index in [0.717, 1.165) is 38.2 Å². The van der Waals surface area contributed by atoms with Crippen molar-refractivity contribution in [1.29, 1.82) is 0 Å². The number of amides is 1. The Kier molecular flexibility index (Phi) is 7.30. The highest BCUT2D eigenvalue weighted by atomic mass is 16.5. The van der Waals surface area contributed by atoms with Crippen LogP contribution in [0.4, 0.5) is 5.69 Å². The van der Waals surface area contributed by atoms with Gasteiger partial charge in [-0.15, -0.1) is 0 Å². The quantitative estimate of drug-likeness (QED) is 0.494. The summed E-state index contributed by atoms with van der Waals surface area (Å²) >= 11 is 0. The molecule has 0 spiro atoms. The minimum Gasteiger partial charge on any atom is -0.493 e. The molecule has 0 aliphatic carbocycles. The number of hydrogen-bond acceptors (Lipinski definition) is 4. The maximum Gasteiger partial charge on any atom is 0.258 e. The Labute approximate surface area is 196 Å². The molecule has 5 heteroatoms. The summed E-state index contributed by atoms with van der Waals surface area (Å²) < 4.78 is 10.9. The maximum absolute atomic E-state index is 13.6. The van der Waals surface area contributed by atoms with Crippen molar-refractivity contribution in [3.63, 3.8) is 0 Å². The summed E-state index contributed by atoms with van der Waals surface area (Å²) in [6, 6.07) is 24.0. The third-order valence-electron chi connectivity index (χ3n) is 6.30. The lowest BCUT2D eigenvalue weighted by atomic mass is 10.00. The van der Waals surface area contributed by atoms with Gasteiger partial charge in [0.25, 0.3) is 5.91 Å². The van der Waals surface area contributed by atoms with Gasteiger partial charge >= 0.3 is 0 Å². The molecule has 0 radical (unpaired) electrons. The number of nitrogens with zero attached hydrogens (tertiary/aromatic N) is 2. The molecule has 1 heterocycles. The number of piperidine rings is 1. The van der Waals surface area contributed by atoms with E-state index in [1.807, 2.05) is 53.4 Å². The van der Waals surface area contributed by atoms with Gasteiger partial charge in [0, 0.05) is 43.0 Å². The Morgan fingerprint density at radius 2 is 1.64 bits per heavy atom. The standard InChI is InChI=1S/C28H32N2O3/c1-21-8-7-9-22(18-21)20-29-16-14-24(15-17-29)30(28(31)23-10-5-4-6-11-23)25-12-13-26(32-2)27(19-25)33-3/h4-13,18-19,24H,14-17,20H2,1-3H3. The number of rotatable bonds is 7. The minimum atomic E-state index is 0.0138. The second-order valence-corrected chi connectivity index (χ2v) is 8.58. The number of likely N-dealkylation sites (tertiary alicyclic amines) is 1. The van der Waals surface area contributed by atoms with Crippen LogP contribution in [0, 0.1) is 6.92 Å². The van der Waals surface area contributed by atoms with E-state index in [-0.39, 0.29) is 11.9 Å². The Morgan fingerprint density at radius 1 is 0.909 bits per heavy atom. The predicted molar refractivity (Wildman–Crippen MR) is 132 cm³/mol. The van der Waals surface area contributed by atoms with Crippen LogP contribution in [0.25, 0.3) is 0 Å². The van der Waals surface area contributed by atoms with Gasteiger partial charge in [-0.2, -0.15) is 0 Å². The largest absolute Gasteiger partial charge is 0.493 e. The van der Waals surface area contributed by atoms with E-state index in [1.54, 1.807) is 14.2 Å². The van der Waals surface area contributed by atoms with Crippen LogP contribution in [0.1, 0.15) is 34.3 Å². The van der Waals surface area contributed by atoms with Crippen molar-refractivity contribution in [2.45, 2.75) is 32.4 Å². The average Bonchev–Trinajstić information content (AvgIpc) is 2.85. The molecule has 1 saturated heterocycles. The van der Waals surface area contributed by atoms with Gasteiger partial charge in [-0.25, -0.2) is 0 Å². The Balaban J connectivity index is 1.56. The van der Waals surface area contributed by atoms with E-state index in [9.17, 15) is 4.79 Å². The lowest BCUT2D eigenvalue weighted by Crippen LogP contribution is -2.47. The highest BCUT2D eigenvalue weighted by Gasteiger charge is 2.30. The summed E-state index contributed by atoms with van der Waals surface area (Å²) in [7, 11) is 3.24. The van der Waals surface area contributed by atoms with E-state index in [2.05, 4.69) is 36.1 Å². The van der Waals surface area contributed by atoms with Gasteiger partial charge in [-0.05, 0) is 49.6 Å². The fourth-order valence-corrected chi connectivity index (χ4v) is 4.59. The average molecular weight is 445 g/mol. The molecular formula is C28H32N2O3. The van der Waals surface area contributed by atoms with E-state index in [1.165, 1.54) is 11.1 Å². The fraction of sp³-hybridized carbons (Fsp3) is 0.321. The molecule has 172 valence electrons. The van der Waals surface area contributed by atoms with Gasteiger partial charge in [-0.1, -0.05) is 48.0 Å². The lowest BCUT2D eigenvalue weighted by molar-refractivity contribution is 0.0958. The van der Waals surface area contributed by atoms with E-state index in [4.69, 9.17) is 9.47 Å². The summed E-state index contributed by atoms with van der Waals surface area (Å²) in [4.78, 5) is 18.1. The number of aryl methyl sites for hydroxylation is 1. The van der Waals surface area contributed by atoms with Crippen molar-refractivity contribution in [3.8, 4) is 11.5 Å². The molecule has 0 bridgehead atoms. The molecule has 1 fully saturated rings. The van der Waals surface area contributed by atoms with Crippen LogP contribution in [0.3, 0.4) is 0 Å². The van der Waals surface area contributed by atoms with Gasteiger partial charge in [0.15, 0.2) is 11.5 Å². The van der Waals surface area contributed by atoms with Crippen LogP contribution in [0.15, 0.2) is 72.8 Å². The number of benzene rings is 3. The van der Waals surface area contributed by atoms with Crippen LogP contribution in [-0.2, 0) is 6.54 Å². The van der Waals surface area contributed by atoms with E-state index < -0.39 is 0 Å². The van der Waals surface area contributed by atoms with Gasteiger partial charge in [0.2, 0.25) is 0 Å². The predicted octanol–water partition coefficient (Wildman–Crippen LogP) is 5.32. The summed E-state index contributed by atoms with van der Waals surface area (Å²) in [5.41, 5.74) is 4.15. The highest BCUT2D eigenvalue weighted by molar-refractivity contribution is 6.06. The summed E-state index contributed by atoms with van der Waals surface area (Å²) in [5.74, 6) is 1.29. The third kappa shape index (κ3) is 5.37. The topological polar surface area (TPSA) is 42.0 Å². The molecule has 0 unspecified atom stereocenters. The molecular weight excluding hydrogens is 412 g/mol. The van der Waals surface area contributed by atoms with Crippen molar-refractivity contribution in [1.82, 2.24) is 4.90 Å². The summed E-state index contributed by atoms with van der Waals surface area (Å²) in [5, 5.41) is 0. The first-order valence-corrected chi connectivity index (χ1v) is 11.5. The minimum absolute atomic E-state index is 0.0138. The zero-order valence-electron chi connectivity index (χ0n) is 19.7. The zero-order chi connectivity index (χ0) is 23.2. The van der Waals surface area contributed by atoms with Crippen LogP contribution in [0.5, 0.6) is 11.5 Å². The van der Waals surface area contributed by atoms with Crippen LogP contribution in [0.2, 0.25) is 0 Å². The highest BCUT2D eigenvalue weighted by Crippen LogP contribution is 2.34. The van der Waals surface area contributed by atoms with Gasteiger partial charge in [0.05, 0.1) is 14.2 Å². The van der Waals surface area contributed by atoms with Gasteiger partial charge < -0.3 is 14.4 Å². The number of carbonyl (C=O) groups excluding carboxylic acids is 1. The molecule has 3 aromatic rings. The second-order valence-electron chi connectivity index (χ2n) is 8.58. The first-order valence-electron chi connectivity index (χ1n) is 11.5. The van der Waals surface area contributed by atoms with Crippen molar-refractivity contribution in [2.24, 2.45) is 0 Å². The summed E-state index contributed by atoms with van der Waals surface area (Å²) in [6.07, 6.45) is 1.83. The molecule has 0 N–H and O–H groups in total. The molecule has 1 amide bonds. The zero-order valence-corrected chi connectivity index (χ0v) is 19.7. The SMILES string of the molecule is COc1ccc(N(C(=O)c2ccccc2)C2CCN(Cc3cccc(C)c3)CC2)cc1OC. The molecule has 0 aromatic heterocycles. The summed E-state index contributed by atoms with van der Waals surface area (Å²) in [6.45, 7) is 4.97.